The maximum Gasteiger partial charge on any atom is 0.292 e. The molecule has 0 aliphatic carbocycles. The summed E-state index contributed by atoms with van der Waals surface area (Å²) in [6.07, 6.45) is 0.881. The predicted octanol–water partition coefficient (Wildman–Crippen LogP) is 2.65. The van der Waals surface area contributed by atoms with Gasteiger partial charge in [0, 0.05) is 12.1 Å². The van der Waals surface area contributed by atoms with Gasteiger partial charge in [0.05, 0.1) is 0 Å². The second-order valence-corrected chi connectivity index (χ2v) is 5.07. The molecule has 1 amide bonds. The molecule has 0 saturated carbocycles. The van der Waals surface area contributed by atoms with Gasteiger partial charge in [-0.3, -0.25) is 9.59 Å². The molecule has 0 aliphatic rings. The van der Waals surface area contributed by atoms with Crippen molar-refractivity contribution in [2.45, 2.75) is 34.1 Å². The summed E-state index contributed by atoms with van der Waals surface area (Å²) in [6.45, 7) is 8.62. The highest BCUT2D eigenvalue weighted by Gasteiger charge is 2.15. The zero-order valence-corrected chi connectivity index (χ0v) is 11.5. The molecule has 0 aliphatic heterocycles. The maximum absolute atomic E-state index is 11.9. The molecule has 0 unspecified atom stereocenters. The molecule has 3 heteroatoms. The Balaban J connectivity index is 2.63. The van der Waals surface area contributed by atoms with E-state index in [0.717, 1.165) is 17.5 Å². The van der Waals surface area contributed by atoms with Crippen molar-refractivity contribution in [2.75, 3.05) is 6.54 Å². The van der Waals surface area contributed by atoms with Gasteiger partial charge in [-0.25, -0.2) is 0 Å². The zero-order valence-electron chi connectivity index (χ0n) is 11.5. The molecular weight excluding hydrogens is 226 g/mol. The Hall–Kier alpha value is -1.64. The Morgan fingerprint density at radius 1 is 1.17 bits per heavy atom. The largest absolute Gasteiger partial charge is 0.349 e. The fraction of sp³-hybridized carbons (Fsp3) is 0.467. The highest BCUT2D eigenvalue weighted by Crippen LogP contribution is 2.10. The van der Waals surface area contributed by atoms with Crippen LogP contribution in [-0.4, -0.2) is 18.2 Å². The zero-order chi connectivity index (χ0) is 13.7. The molecule has 0 aromatic heterocycles. The van der Waals surface area contributed by atoms with E-state index in [1.807, 2.05) is 19.9 Å². The number of hydrogen-bond acceptors (Lipinski definition) is 2. The molecule has 0 atom stereocenters. The maximum atomic E-state index is 11.9. The summed E-state index contributed by atoms with van der Waals surface area (Å²) in [7, 11) is 0. The number of ketones is 1. The van der Waals surface area contributed by atoms with Crippen LogP contribution in [0.5, 0.6) is 0 Å². The number of carbonyl (C=O) groups is 2. The molecule has 0 saturated heterocycles. The summed E-state index contributed by atoms with van der Waals surface area (Å²) in [5.74, 6) is -0.456. The van der Waals surface area contributed by atoms with Crippen LogP contribution >= 0.6 is 0 Å². The van der Waals surface area contributed by atoms with Gasteiger partial charge in [-0.15, -0.1) is 0 Å². The number of Topliss-reactive ketones (excluding diaryl/α,β-unsaturated/α-hetero) is 1. The molecular formula is C15H21NO2. The smallest absolute Gasteiger partial charge is 0.292 e. The lowest BCUT2D eigenvalue weighted by atomic mass is 10.0. The van der Waals surface area contributed by atoms with Gasteiger partial charge in [0.15, 0.2) is 0 Å². The SMILES string of the molecule is Cc1ccc(C(=O)C(=O)NCCC(C)C)cc1C. The minimum absolute atomic E-state index is 0.457. The monoisotopic (exact) mass is 247 g/mol. The van der Waals surface area contributed by atoms with E-state index in [2.05, 4.69) is 19.2 Å². The van der Waals surface area contributed by atoms with Gasteiger partial charge in [-0.1, -0.05) is 26.0 Å². The van der Waals surface area contributed by atoms with Crippen molar-refractivity contribution >= 4 is 11.7 Å². The van der Waals surface area contributed by atoms with Gasteiger partial charge < -0.3 is 5.32 Å². The third-order valence-electron chi connectivity index (χ3n) is 2.98. The van der Waals surface area contributed by atoms with Crippen LogP contribution in [0.1, 0.15) is 41.8 Å². The number of aryl methyl sites for hydroxylation is 2. The van der Waals surface area contributed by atoms with Crippen LogP contribution in [0.2, 0.25) is 0 Å². The first-order valence-corrected chi connectivity index (χ1v) is 6.31. The van der Waals surface area contributed by atoms with Crippen molar-refractivity contribution in [1.29, 1.82) is 0 Å². The quantitative estimate of drug-likeness (QED) is 0.642. The Kier molecular flexibility index (Phi) is 5.08. The third-order valence-corrected chi connectivity index (χ3v) is 2.98. The summed E-state index contributed by atoms with van der Waals surface area (Å²) in [6, 6.07) is 5.33. The van der Waals surface area contributed by atoms with Crippen LogP contribution in [0.4, 0.5) is 0 Å². The van der Waals surface area contributed by atoms with Crippen molar-refractivity contribution < 1.29 is 9.59 Å². The van der Waals surface area contributed by atoms with E-state index < -0.39 is 11.7 Å². The lowest BCUT2D eigenvalue weighted by Gasteiger charge is -2.07. The van der Waals surface area contributed by atoms with Crippen molar-refractivity contribution in [1.82, 2.24) is 5.32 Å². The number of benzene rings is 1. The normalized spacial score (nSPS) is 10.5. The van der Waals surface area contributed by atoms with E-state index in [0.29, 0.717) is 18.0 Å². The Morgan fingerprint density at radius 2 is 1.83 bits per heavy atom. The van der Waals surface area contributed by atoms with E-state index in [9.17, 15) is 9.59 Å². The number of carbonyl (C=O) groups excluding carboxylic acids is 2. The molecule has 1 aromatic rings. The highest BCUT2D eigenvalue weighted by molar-refractivity contribution is 6.42. The van der Waals surface area contributed by atoms with Gasteiger partial charge in [-0.2, -0.15) is 0 Å². The van der Waals surface area contributed by atoms with Crippen LogP contribution in [0, 0.1) is 19.8 Å². The van der Waals surface area contributed by atoms with Crippen LogP contribution in [0.3, 0.4) is 0 Å². The van der Waals surface area contributed by atoms with Crippen LogP contribution < -0.4 is 5.32 Å². The average Bonchev–Trinajstić information content (AvgIpc) is 2.31. The highest BCUT2D eigenvalue weighted by atomic mass is 16.2. The fourth-order valence-electron chi connectivity index (χ4n) is 1.57. The van der Waals surface area contributed by atoms with Gasteiger partial charge in [0.25, 0.3) is 5.91 Å². The fourth-order valence-corrected chi connectivity index (χ4v) is 1.57. The van der Waals surface area contributed by atoms with E-state index in [1.165, 1.54) is 0 Å². The number of amides is 1. The lowest BCUT2D eigenvalue weighted by Crippen LogP contribution is -2.32. The molecule has 1 aromatic carbocycles. The van der Waals surface area contributed by atoms with E-state index >= 15 is 0 Å². The molecule has 0 fully saturated rings. The van der Waals surface area contributed by atoms with Crippen molar-refractivity contribution in [2.24, 2.45) is 5.92 Å². The van der Waals surface area contributed by atoms with Gasteiger partial charge in [-0.05, 0) is 43.4 Å². The summed E-state index contributed by atoms with van der Waals surface area (Å²) in [5.41, 5.74) is 2.60. The molecule has 18 heavy (non-hydrogen) atoms. The van der Waals surface area contributed by atoms with Crippen molar-refractivity contribution in [3.63, 3.8) is 0 Å². The van der Waals surface area contributed by atoms with E-state index in [4.69, 9.17) is 0 Å². The molecule has 1 rings (SSSR count). The minimum atomic E-state index is -0.515. The Labute approximate surface area is 109 Å². The summed E-state index contributed by atoms with van der Waals surface area (Å²) >= 11 is 0. The van der Waals surface area contributed by atoms with Crippen molar-refractivity contribution in [3.8, 4) is 0 Å². The molecule has 0 heterocycles. The summed E-state index contributed by atoms with van der Waals surface area (Å²) in [4.78, 5) is 23.5. The first-order chi connectivity index (χ1) is 8.41. The first kappa shape index (κ1) is 14.4. The lowest BCUT2D eigenvalue weighted by molar-refractivity contribution is -0.117. The third kappa shape index (κ3) is 3.99. The number of nitrogens with one attached hydrogen (secondary N) is 1. The van der Waals surface area contributed by atoms with Crippen molar-refractivity contribution in [3.05, 3.63) is 34.9 Å². The topological polar surface area (TPSA) is 46.2 Å². The Bertz CT molecular complexity index is 450. The molecule has 0 radical (unpaired) electrons. The Morgan fingerprint density at radius 3 is 2.39 bits per heavy atom. The molecule has 98 valence electrons. The minimum Gasteiger partial charge on any atom is -0.349 e. The van der Waals surface area contributed by atoms with Crippen LogP contribution in [-0.2, 0) is 4.79 Å². The summed E-state index contributed by atoms with van der Waals surface area (Å²) < 4.78 is 0. The second kappa shape index (κ2) is 6.34. The second-order valence-electron chi connectivity index (χ2n) is 5.07. The number of hydrogen-bond donors (Lipinski definition) is 1. The standard InChI is InChI=1S/C15H21NO2/c1-10(2)7-8-16-15(18)14(17)13-6-5-11(3)12(4)9-13/h5-6,9-10H,7-8H2,1-4H3,(H,16,18). The van der Waals surface area contributed by atoms with Crippen LogP contribution in [0.15, 0.2) is 18.2 Å². The average molecular weight is 247 g/mol. The van der Waals surface area contributed by atoms with Crippen LogP contribution in [0.25, 0.3) is 0 Å². The molecule has 3 nitrogen and oxygen atoms in total. The summed E-state index contributed by atoms with van der Waals surface area (Å²) in [5, 5.41) is 2.66. The molecule has 1 N–H and O–H groups in total. The van der Waals surface area contributed by atoms with Gasteiger partial charge in [0.2, 0.25) is 5.78 Å². The molecule has 0 bridgehead atoms. The van der Waals surface area contributed by atoms with Gasteiger partial charge >= 0.3 is 0 Å². The predicted molar refractivity (Wildman–Crippen MR) is 72.7 cm³/mol. The van der Waals surface area contributed by atoms with Gasteiger partial charge in [0.1, 0.15) is 0 Å². The molecule has 0 spiro atoms. The first-order valence-electron chi connectivity index (χ1n) is 6.31. The van der Waals surface area contributed by atoms with E-state index in [1.54, 1.807) is 12.1 Å². The number of rotatable bonds is 5. The van der Waals surface area contributed by atoms with E-state index in [-0.39, 0.29) is 0 Å².